The topological polar surface area (TPSA) is 66.5 Å². The summed E-state index contributed by atoms with van der Waals surface area (Å²) in [5.41, 5.74) is 5.90. The van der Waals surface area contributed by atoms with Gasteiger partial charge in [-0.2, -0.15) is 0 Å². The molecule has 1 aromatic heterocycles. The van der Waals surface area contributed by atoms with Crippen LogP contribution in [-0.4, -0.2) is 35.7 Å². The summed E-state index contributed by atoms with van der Waals surface area (Å²) in [5, 5.41) is 5.12. The fraction of sp³-hybridized carbons (Fsp3) is 0.222. The Morgan fingerprint density at radius 3 is 2.75 bits per heavy atom. The van der Waals surface area contributed by atoms with E-state index in [1.807, 2.05) is 42.5 Å². The number of methoxy groups -OCH3 is 1. The van der Waals surface area contributed by atoms with E-state index < -0.39 is 0 Å². The van der Waals surface area contributed by atoms with E-state index in [2.05, 4.69) is 15.7 Å². The fourth-order valence-corrected chi connectivity index (χ4v) is 3.16. The number of hydrazine groups is 1. The molecule has 0 spiro atoms. The Labute approximate surface area is 140 Å². The minimum absolute atomic E-state index is 0.0528. The van der Waals surface area contributed by atoms with E-state index in [0.29, 0.717) is 6.54 Å². The number of carbonyl (C=O) groups is 1. The lowest BCUT2D eigenvalue weighted by Gasteiger charge is -2.32. The van der Waals surface area contributed by atoms with Gasteiger partial charge in [-0.3, -0.25) is 14.8 Å². The summed E-state index contributed by atoms with van der Waals surface area (Å²) in [6.45, 7) is 0.671. The first-order valence-electron chi connectivity index (χ1n) is 7.86. The van der Waals surface area contributed by atoms with Crippen molar-refractivity contribution in [2.24, 2.45) is 0 Å². The van der Waals surface area contributed by atoms with Crippen LogP contribution >= 0.6 is 0 Å². The number of amides is 1. The zero-order valence-corrected chi connectivity index (χ0v) is 13.3. The van der Waals surface area contributed by atoms with E-state index in [1.54, 1.807) is 24.4 Å². The van der Waals surface area contributed by atoms with Gasteiger partial charge in [0.2, 0.25) is 0 Å². The molecule has 0 bridgehead atoms. The number of ether oxygens (including phenoxy) is 1. The number of hydrogen-bond donors (Lipinski definition) is 2. The van der Waals surface area contributed by atoms with Crippen LogP contribution < -0.4 is 15.5 Å². The fourth-order valence-electron chi connectivity index (χ4n) is 3.16. The summed E-state index contributed by atoms with van der Waals surface area (Å²) < 4.78 is 5.19. The molecule has 24 heavy (non-hydrogen) atoms. The molecule has 6 nitrogen and oxygen atoms in total. The lowest BCUT2D eigenvalue weighted by atomic mass is 10.00. The smallest absolute Gasteiger partial charge is 0.264 e. The Hall–Kier alpha value is -2.86. The lowest BCUT2D eigenvalue weighted by molar-refractivity contribution is -0.130. The van der Waals surface area contributed by atoms with Crippen molar-refractivity contribution in [3.63, 3.8) is 0 Å². The van der Waals surface area contributed by atoms with E-state index >= 15 is 0 Å². The van der Waals surface area contributed by atoms with Gasteiger partial charge in [0, 0.05) is 30.2 Å². The zero-order valence-electron chi connectivity index (χ0n) is 13.3. The van der Waals surface area contributed by atoms with Crippen molar-refractivity contribution in [3.8, 4) is 5.75 Å². The molecule has 0 aliphatic carbocycles. The number of fused-ring (bicyclic) bond motifs is 1. The number of benzene rings is 1. The summed E-state index contributed by atoms with van der Waals surface area (Å²) in [7, 11) is 1.64. The monoisotopic (exact) mass is 322 g/mol. The van der Waals surface area contributed by atoms with Gasteiger partial charge in [-0.05, 0) is 42.0 Å². The van der Waals surface area contributed by atoms with Crippen molar-refractivity contribution in [2.75, 3.05) is 13.7 Å². The van der Waals surface area contributed by atoms with Crippen LogP contribution in [0.15, 0.2) is 54.7 Å². The highest BCUT2D eigenvalue weighted by Crippen LogP contribution is 2.30. The van der Waals surface area contributed by atoms with Crippen LogP contribution in [0.1, 0.15) is 17.2 Å². The van der Waals surface area contributed by atoms with Crippen LogP contribution in [0.2, 0.25) is 0 Å². The number of carbonyl (C=O) groups excluding carboxylic acids is 1. The third-order valence-electron chi connectivity index (χ3n) is 4.42. The summed E-state index contributed by atoms with van der Waals surface area (Å²) >= 11 is 0. The standard InChI is InChI=1S/C18H18N4O2/c1-24-13-7-5-12(6-8-13)16-10-17(23)22-18(21-16)14(11-20-22)15-4-2-3-9-19-15/h2-10,14,18,20-21H,11H2,1H3. The Bertz CT molecular complexity index is 773. The van der Waals surface area contributed by atoms with Crippen molar-refractivity contribution >= 4 is 11.6 Å². The molecule has 0 radical (unpaired) electrons. The maximum Gasteiger partial charge on any atom is 0.264 e. The molecule has 2 aliphatic heterocycles. The van der Waals surface area contributed by atoms with Crippen LogP contribution in [0.5, 0.6) is 5.75 Å². The Morgan fingerprint density at radius 1 is 1.21 bits per heavy atom. The van der Waals surface area contributed by atoms with E-state index in [9.17, 15) is 4.79 Å². The maximum absolute atomic E-state index is 12.5. The van der Waals surface area contributed by atoms with Crippen LogP contribution in [0.25, 0.3) is 5.70 Å². The first kappa shape index (κ1) is 14.7. The van der Waals surface area contributed by atoms with Gasteiger partial charge in [0.1, 0.15) is 11.9 Å². The first-order chi connectivity index (χ1) is 11.8. The largest absolute Gasteiger partial charge is 0.497 e. The second-order valence-corrected chi connectivity index (χ2v) is 5.81. The number of aromatic nitrogens is 1. The summed E-state index contributed by atoms with van der Waals surface area (Å²) in [6.07, 6.45) is 3.24. The van der Waals surface area contributed by atoms with Crippen LogP contribution in [0.3, 0.4) is 0 Å². The van der Waals surface area contributed by atoms with Crippen molar-refractivity contribution < 1.29 is 9.53 Å². The average Bonchev–Trinajstić information content (AvgIpc) is 3.07. The highest BCUT2D eigenvalue weighted by molar-refractivity contribution is 5.96. The van der Waals surface area contributed by atoms with Gasteiger partial charge in [0.15, 0.2) is 0 Å². The number of pyridine rings is 1. The van der Waals surface area contributed by atoms with Crippen LogP contribution in [0, 0.1) is 0 Å². The number of hydrogen-bond acceptors (Lipinski definition) is 5. The minimum atomic E-state index is -0.158. The molecule has 1 aromatic carbocycles. The second kappa shape index (κ2) is 5.98. The quantitative estimate of drug-likeness (QED) is 0.896. The molecule has 1 amide bonds. The van der Waals surface area contributed by atoms with Crippen molar-refractivity contribution in [1.29, 1.82) is 0 Å². The Morgan fingerprint density at radius 2 is 2.04 bits per heavy atom. The Kier molecular flexibility index (Phi) is 3.66. The molecule has 2 N–H and O–H groups in total. The van der Waals surface area contributed by atoms with Crippen LogP contribution in [0.4, 0.5) is 0 Å². The summed E-state index contributed by atoms with van der Waals surface area (Å²) in [4.78, 5) is 16.9. The molecule has 4 rings (SSSR count). The van der Waals surface area contributed by atoms with Gasteiger partial charge >= 0.3 is 0 Å². The third kappa shape index (κ3) is 2.51. The van der Waals surface area contributed by atoms with Gasteiger partial charge in [-0.1, -0.05) is 6.07 Å². The van der Waals surface area contributed by atoms with Gasteiger partial charge in [0.05, 0.1) is 13.0 Å². The molecule has 2 unspecified atom stereocenters. The maximum atomic E-state index is 12.5. The predicted molar refractivity (Wildman–Crippen MR) is 89.7 cm³/mol. The second-order valence-electron chi connectivity index (χ2n) is 5.81. The van der Waals surface area contributed by atoms with E-state index in [-0.39, 0.29) is 18.0 Å². The Balaban J connectivity index is 1.63. The number of nitrogens with one attached hydrogen (secondary N) is 2. The molecular weight excluding hydrogens is 304 g/mol. The molecule has 3 heterocycles. The van der Waals surface area contributed by atoms with Gasteiger partial charge in [0.25, 0.3) is 5.91 Å². The zero-order chi connectivity index (χ0) is 16.5. The molecule has 1 saturated heterocycles. The molecule has 1 fully saturated rings. The van der Waals surface area contributed by atoms with Crippen molar-refractivity contribution in [1.82, 2.24) is 20.7 Å². The third-order valence-corrected chi connectivity index (χ3v) is 4.42. The van der Waals surface area contributed by atoms with Crippen molar-refractivity contribution in [2.45, 2.75) is 12.1 Å². The number of nitrogens with zero attached hydrogens (tertiary/aromatic N) is 2. The average molecular weight is 322 g/mol. The molecule has 2 aliphatic rings. The predicted octanol–water partition coefficient (Wildman–Crippen LogP) is 1.49. The molecular formula is C18H18N4O2. The highest BCUT2D eigenvalue weighted by Gasteiger charge is 2.41. The first-order valence-corrected chi connectivity index (χ1v) is 7.86. The van der Waals surface area contributed by atoms with E-state index in [4.69, 9.17) is 4.74 Å². The van der Waals surface area contributed by atoms with Crippen molar-refractivity contribution in [3.05, 3.63) is 66.0 Å². The van der Waals surface area contributed by atoms with Gasteiger partial charge in [-0.25, -0.2) is 5.43 Å². The normalized spacial score (nSPS) is 22.6. The molecule has 122 valence electrons. The molecule has 6 heteroatoms. The lowest BCUT2D eigenvalue weighted by Crippen LogP contribution is -2.52. The molecule has 2 atom stereocenters. The van der Waals surface area contributed by atoms with Crippen LogP contribution in [-0.2, 0) is 4.79 Å². The molecule has 2 aromatic rings. The summed E-state index contributed by atoms with van der Waals surface area (Å²) in [5.74, 6) is 0.831. The van der Waals surface area contributed by atoms with Gasteiger partial charge < -0.3 is 10.1 Å². The minimum Gasteiger partial charge on any atom is -0.497 e. The summed E-state index contributed by atoms with van der Waals surface area (Å²) in [6, 6.07) is 13.5. The van der Waals surface area contributed by atoms with E-state index in [0.717, 1.165) is 22.7 Å². The van der Waals surface area contributed by atoms with Gasteiger partial charge in [-0.15, -0.1) is 0 Å². The SMILES string of the molecule is COc1ccc(C2=CC(=O)N3NCC(c4ccccn4)C3N2)cc1. The van der Waals surface area contributed by atoms with E-state index in [1.165, 1.54) is 0 Å². The highest BCUT2D eigenvalue weighted by atomic mass is 16.5. The number of rotatable bonds is 3. The molecule has 0 saturated carbocycles.